The van der Waals surface area contributed by atoms with Crippen molar-refractivity contribution in [2.75, 3.05) is 19.5 Å². The minimum atomic E-state index is -0.613. The molecule has 0 aromatic heterocycles. The molecule has 194 valence electrons. The van der Waals surface area contributed by atoms with Crippen molar-refractivity contribution in [1.29, 1.82) is 0 Å². The van der Waals surface area contributed by atoms with Crippen LogP contribution in [0.5, 0.6) is 11.5 Å². The van der Waals surface area contributed by atoms with Gasteiger partial charge in [0.15, 0.2) is 5.17 Å². The fraction of sp³-hybridized carbons (Fsp3) is 0.241. The van der Waals surface area contributed by atoms with Crippen LogP contribution in [0.1, 0.15) is 35.6 Å². The van der Waals surface area contributed by atoms with Gasteiger partial charge in [-0.1, -0.05) is 59.8 Å². The molecule has 0 unspecified atom stereocenters. The van der Waals surface area contributed by atoms with Crippen molar-refractivity contribution in [2.24, 2.45) is 10.1 Å². The number of benzene rings is 3. The predicted molar refractivity (Wildman–Crippen MR) is 150 cm³/mol. The molecule has 0 aliphatic carbocycles. The molecule has 0 fully saturated rings. The lowest BCUT2D eigenvalue weighted by atomic mass is 9.97. The summed E-state index contributed by atoms with van der Waals surface area (Å²) >= 11 is 1.27. The zero-order valence-electron chi connectivity index (χ0n) is 21.4. The highest BCUT2D eigenvalue weighted by atomic mass is 32.2. The molecule has 3 aromatic carbocycles. The highest BCUT2D eigenvalue weighted by Crippen LogP contribution is 2.40. The van der Waals surface area contributed by atoms with Crippen molar-refractivity contribution in [1.82, 2.24) is 5.01 Å². The summed E-state index contributed by atoms with van der Waals surface area (Å²) in [7, 11) is 3.24. The third kappa shape index (κ3) is 5.43. The van der Waals surface area contributed by atoms with Gasteiger partial charge in [0.25, 0.3) is 5.91 Å². The number of carbonyl (C=O) groups excluding carboxylic acids is 2. The van der Waals surface area contributed by atoms with Crippen molar-refractivity contribution >= 4 is 40.1 Å². The molecule has 2 atom stereocenters. The SMILES string of the molecule is COc1ccc(OC)c(C2=NN(C3=NC(=O)[C@H](CC(=O)Nc4ccccc4)S3)[C@@H](c3ccc(C)cc3)C2)c1. The van der Waals surface area contributed by atoms with E-state index in [0.29, 0.717) is 28.8 Å². The van der Waals surface area contributed by atoms with Crippen molar-refractivity contribution in [2.45, 2.75) is 31.1 Å². The topological polar surface area (TPSA) is 92.6 Å². The summed E-state index contributed by atoms with van der Waals surface area (Å²) in [6.07, 6.45) is 0.605. The van der Waals surface area contributed by atoms with Crippen molar-refractivity contribution in [3.63, 3.8) is 0 Å². The largest absolute Gasteiger partial charge is 0.497 e. The van der Waals surface area contributed by atoms with E-state index in [4.69, 9.17) is 14.6 Å². The lowest BCUT2D eigenvalue weighted by Gasteiger charge is -2.23. The number of amides is 2. The van der Waals surface area contributed by atoms with E-state index in [-0.39, 0.29) is 24.3 Å². The van der Waals surface area contributed by atoms with Crippen molar-refractivity contribution < 1.29 is 19.1 Å². The molecule has 38 heavy (non-hydrogen) atoms. The van der Waals surface area contributed by atoms with Crippen LogP contribution < -0.4 is 14.8 Å². The Morgan fingerprint density at radius 3 is 2.53 bits per heavy atom. The van der Waals surface area contributed by atoms with E-state index in [1.807, 2.05) is 55.5 Å². The van der Waals surface area contributed by atoms with Crippen LogP contribution in [0.15, 0.2) is 82.9 Å². The first-order valence-corrected chi connectivity index (χ1v) is 13.1. The van der Waals surface area contributed by atoms with Gasteiger partial charge in [-0.2, -0.15) is 10.1 Å². The van der Waals surface area contributed by atoms with E-state index < -0.39 is 5.25 Å². The average Bonchev–Trinajstić information content (AvgIpc) is 3.53. The van der Waals surface area contributed by atoms with Crippen LogP contribution in [0.25, 0.3) is 0 Å². The van der Waals surface area contributed by atoms with E-state index in [1.54, 1.807) is 19.2 Å². The lowest BCUT2D eigenvalue weighted by molar-refractivity contribution is -0.121. The second kappa shape index (κ2) is 11.1. The molecule has 5 rings (SSSR count). The van der Waals surface area contributed by atoms with E-state index in [1.165, 1.54) is 11.8 Å². The summed E-state index contributed by atoms with van der Waals surface area (Å²) in [5.41, 5.74) is 4.51. The molecule has 0 spiro atoms. The van der Waals surface area contributed by atoms with Crippen LogP contribution in [-0.4, -0.2) is 47.2 Å². The second-order valence-electron chi connectivity index (χ2n) is 9.05. The van der Waals surface area contributed by atoms with Crippen molar-refractivity contribution in [3.05, 3.63) is 89.5 Å². The predicted octanol–water partition coefficient (Wildman–Crippen LogP) is 5.19. The first-order chi connectivity index (χ1) is 18.4. The number of hydrazone groups is 1. The third-order valence-corrected chi connectivity index (χ3v) is 7.59. The molecule has 2 aliphatic heterocycles. The summed E-state index contributed by atoms with van der Waals surface area (Å²) in [4.78, 5) is 29.8. The number of thioether (sulfide) groups is 1. The Balaban J connectivity index is 1.41. The molecular weight excluding hydrogens is 500 g/mol. The Hall–Kier alpha value is -4.11. The van der Waals surface area contributed by atoms with E-state index in [2.05, 4.69) is 34.6 Å². The second-order valence-corrected chi connectivity index (χ2v) is 10.2. The van der Waals surface area contributed by atoms with Gasteiger partial charge < -0.3 is 14.8 Å². The number of aryl methyl sites for hydroxylation is 1. The fourth-order valence-electron chi connectivity index (χ4n) is 4.44. The fourth-order valence-corrected chi connectivity index (χ4v) is 5.51. The Labute approximate surface area is 225 Å². The molecule has 2 aliphatic rings. The smallest absolute Gasteiger partial charge is 0.262 e. The van der Waals surface area contributed by atoms with Crippen LogP contribution in [0.2, 0.25) is 0 Å². The number of methoxy groups -OCH3 is 2. The Morgan fingerprint density at radius 1 is 1.05 bits per heavy atom. The van der Waals surface area contributed by atoms with Gasteiger partial charge in [-0.3, -0.25) is 9.59 Å². The number of ether oxygens (including phenoxy) is 2. The first-order valence-electron chi connectivity index (χ1n) is 12.2. The maximum atomic E-state index is 12.9. The molecule has 8 nitrogen and oxygen atoms in total. The number of para-hydroxylation sites is 1. The highest BCUT2D eigenvalue weighted by molar-refractivity contribution is 8.15. The van der Waals surface area contributed by atoms with Crippen LogP contribution in [0.4, 0.5) is 5.69 Å². The normalized spacial score (nSPS) is 18.7. The Kier molecular flexibility index (Phi) is 7.46. The minimum absolute atomic E-state index is 0.0225. The highest BCUT2D eigenvalue weighted by Gasteiger charge is 2.39. The molecule has 2 amide bonds. The number of nitrogens with zero attached hydrogens (tertiary/aromatic N) is 3. The molecule has 0 radical (unpaired) electrons. The van der Waals surface area contributed by atoms with Gasteiger partial charge in [-0.15, -0.1) is 0 Å². The number of nitrogens with one attached hydrogen (secondary N) is 1. The number of anilines is 1. The van der Waals surface area contributed by atoms with Crippen LogP contribution >= 0.6 is 11.8 Å². The first kappa shape index (κ1) is 25.5. The van der Waals surface area contributed by atoms with Crippen LogP contribution in [-0.2, 0) is 9.59 Å². The molecule has 1 N–H and O–H groups in total. The van der Waals surface area contributed by atoms with Gasteiger partial charge in [0.2, 0.25) is 5.91 Å². The lowest BCUT2D eigenvalue weighted by Crippen LogP contribution is -2.25. The number of hydrogen-bond donors (Lipinski definition) is 1. The molecule has 9 heteroatoms. The molecule has 2 heterocycles. The zero-order chi connectivity index (χ0) is 26.6. The Bertz CT molecular complexity index is 1410. The van der Waals surface area contributed by atoms with Gasteiger partial charge in [0.1, 0.15) is 16.7 Å². The summed E-state index contributed by atoms with van der Waals surface area (Å²) in [6.45, 7) is 2.04. The van der Waals surface area contributed by atoms with Gasteiger partial charge in [0, 0.05) is 24.1 Å². The summed E-state index contributed by atoms with van der Waals surface area (Å²) in [5.74, 6) is 0.807. The van der Waals surface area contributed by atoms with Gasteiger partial charge in [-0.25, -0.2) is 5.01 Å². The summed E-state index contributed by atoms with van der Waals surface area (Å²) in [5, 5.41) is 9.44. The maximum absolute atomic E-state index is 12.9. The quantitative estimate of drug-likeness (QED) is 0.454. The maximum Gasteiger partial charge on any atom is 0.262 e. The number of carbonyl (C=O) groups is 2. The molecule has 0 saturated heterocycles. The molecule has 3 aromatic rings. The summed E-state index contributed by atoms with van der Waals surface area (Å²) < 4.78 is 11.1. The molecular formula is C29H28N4O4S. The standard InChI is InChI=1S/C29H28N4O4S/c1-18-9-11-19(12-10-18)24-16-23(22-15-21(36-2)13-14-25(22)37-3)32-33(24)29-31-28(35)26(38-29)17-27(34)30-20-7-5-4-6-8-20/h4-15,24,26H,16-17H2,1-3H3,(H,30,34)/t24-,26+/m1/s1. The van der Waals surface area contributed by atoms with Crippen molar-refractivity contribution in [3.8, 4) is 11.5 Å². The monoisotopic (exact) mass is 528 g/mol. The van der Waals surface area contributed by atoms with Gasteiger partial charge >= 0.3 is 0 Å². The number of rotatable bonds is 7. The van der Waals surface area contributed by atoms with Crippen LogP contribution in [0.3, 0.4) is 0 Å². The minimum Gasteiger partial charge on any atom is -0.497 e. The third-order valence-electron chi connectivity index (χ3n) is 6.44. The van der Waals surface area contributed by atoms with E-state index in [9.17, 15) is 9.59 Å². The zero-order valence-corrected chi connectivity index (χ0v) is 22.2. The van der Waals surface area contributed by atoms with E-state index >= 15 is 0 Å². The number of hydrogen-bond acceptors (Lipinski definition) is 7. The van der Waals surface area contributed by atoms with Gasteiger partial charge in [-0.05, 0) is 42.8 Å². The van der Waals surface area contributed by atoms with Crippen LogP contribution in [0, 0.1) is 6.92 Å². The van der Waals surface area contributed by atoms with Gasteiger partial charge in [0.05, 0.1) is 26.0 Å². The Morgan fingerprint density at radius 2 is 1.82 bits per heavy atom. The average molecular weight is 529 g/mol. The molecule has 0 bridgehead atoms. The number of amidine groups is 1. The summed E-state index contributed by atoms with van der Waals surface area (Å²) in [6, 6.07) is 22.9. The van der Waals surface area contributed by atoms with E-state index in [0.717, 1.165) is 22.4 Å². The molecule has 0 saturated carbocycles. The number of aliphatic imine (C=N–C) groups is 1.